The van der Waals surface area contributed by atoms with Crippen molar-refractivity contribution in [3.05, 3.63) is 69.2 Å². The van der Waals surface area contributed by atoms with E-state index in [0.717, 1.165) is 49.6 Å². The Hall–Kier alpha value is -3.90. The number of aryl methyl sites for hydroxylation is 2. The number of piperidine rings is 1. The molecule has 3 fully saturated rings. The first-order chi connectivity index (χ1) is 22.6. The molecule has 9 nitrogen and oxygen atoms in total. The molecule has 2 N–H and O–H groups in total. The van der Waals surface area contributed by atoms with Crippen LogP contribution in [0, 0.1) is 19.8 Å². The van der Waals surface area contributed by atoms with E-state index in [9.17, 15) is 14.4 Å². The van der Waals surface area contributed by atoms with E-state index in [-0.39, 0.29) is 16.6 Å². The van der Waals surface area contributed by atoms with Crippen molar-refractivity contribution in [2.45, 2.75) is 51.9 Å². The molecule has 2 amide bonds. The van der Waals surface area contributed by atoms with Crippen molar-refractivity contribution in [3.63, 3.8) is 0 Å². The zero-order valence-corrected chi connectivity index (χ0v) is 27.8. The summed E-state index contributed by atoms with van der Waals surface area (Å²) in [4.78, 5) is 49.3. The molecule has 2 aromatic carbocycles. The lowest BCUT2D eigenvalue weighted by Crippen LogP contribution is -2.47. The third kappa shape index (κ3) is 7.65. The average molecular weight is 665 g/mol. The van der Waals surface area contributed by atoms with Gasteiger partial charge in [-0.25, -0.2) is 4.98 Å². The third-order valence-electron chi connectivity index (χ3n) is 9.20. The Morgan fingerprint density at radius 2 is 1.70 bits per heavy atom. The minimum Gasteiger partial charge on any atom is -0.368 e. The van der Waals surface area contributed by atoms with Crippen LogP contribution in [0.1, 0.15) is 68.4 Å². The number of alkyl halides is 2. The zero-order valence-electron chi connectivity index (χ0n) is 27.0. The minimum atomic E-state index is -3.17. The van der Waals surface area contributed by atoms with Crippen molar-refractivity contribution < 1.29 is 23.2 Å². The molecule has 1 aliphatic carbocycles. The summed E-state index contributed by atoms with van der Waals surface area (Å²) in [5.74, 6) is -4.66. The number of hydrogen-bond donors (Lipinski definition) is 2. The van der Waals surface area contributed by atoms with Gasteiger partial charge >= 0.3 is 0 Å². The summed E-state index contributed by atoms with van der Waals surface area (Å²) in [6, 6.07) is 13.5. The molecular weight excluding hydrogens is 622 g/mol. The van der Waals surface area contributed by atoms with Gasteiger partial charge in [0.2, 0.25) is 0 Å². The summed E-state index contributed by atoms with van der Waals surface area (Å²) in [6.45, 7) is 9.10. The number of hydrogen-bond acceptors (Lipinski definition) is 8. The van der Waals surface area contributed by atoms with Crippen LogP contribution in [0.15, 0.2) is 42.5 Å². The normalized spacial score (nSPS) is 17.6. The first-order valence-corrected chi connectivity index (χ1v) is 17.3. The van der Waals surface area contributed by atoms with Crippen molar-refractivity contribution >= 4 is 46.0 Å². The van der Waals surface area contributed by atoms with Gasteiger partial charge in [-0.2, -0.15) is 8.78 Å². The lowest BCUT2D eigenvalue weighted by atomic mass is 10.1. The van der Waals surface area contributed by atoms with Crippen LogP contribution in [0.25, 0.3) is 0 Å². The fourth-order valence-corrected chi connectivity index (χ4v) is 7.34. The SMILES string of the molecule is Cc1nc(C(F)(F)C2CC2)c(C(=O)Nc2cc(C(=O)NCCCN3CCCC(=O)C3)ccc2N2CCN(c3ccccc3C)CC2)s1. The highest BCUT2D eigenvalue weighted by Gasteiger charge is 2.51. The molecule has 12 heteroatoms. The summed E-state index contributed by atoms with van der Waals surface area (Å²) >= 11 is 0.963. The number of carbonyl (C=O) groups is 3. The molecule has 6 rings (SSSR count). The van der Waals surface area contributed by atoms with Crippen molar-refractivity contribution in [3.8, 4) is 0 Å². The highest BCUT2D eigenvalue weighted by molar-refractivity contribution is 7.13. The van der Waals surface area contributed by atoms with E-state index in [1.165, 1.54) is 11.3 Å². The van der Waals surface area contributed by atoms with Crippen molar-refractivity contribution in [2.24, 2.45) is 5.92 Å². The monoisotopic (exact) mass is 664 g/mol. The summed E-state index contributed by atoms with van der Waals surface area (Å²) in [6.07, 6.45) is 3.03. The number of Topliss-reactive ketones (excluding diaryl/α,β-unsaturated/α-hetero) is 1. The van der Waals surface area contributed by atoms with Crippen LogP contribution in [0.3, 0.4) is 0 Å². The second-order valence-electron chi connectivity index (χ2n) is 12.8. The Labute approximate surface area is 278 Å². The minimum absolute atomic E-state index is 0.0965. The standard InChI is InChI=1S/C35H42F2N6O3S/c1-23-7-3-4-9-29(23)42-17-19-43(20-18-42)30-13-10-25(33(45)38-14-6-16-41-15-5-8-27(44)22-41)21-28(30)40-34(46)31-32(39-24(2)47-31)35(36,37)26-11-12-26/h3-4,7,9-10,13,21,26H,5-6,8,11-12,14-20,22H2,1-2H3,(H,38,45)(H,40,46). The number of carbonyl (C=O) groups excluding carboxylic acids is 3. The summed E-state index contributed by atoms with van der Waals surface area (Å²) in [5.41, 5.74) is 3.41. The van der Waals surface area contributed by atoms with Crippen LogP contribution in [-0.2, 0) is 10.7 Å². The Balaban J connectivity index is 1.19. The number of nitrogens with one attached hydrogen (secondary N) is 2. The van der Waals surface area contributed by atoms with E-state index >= 15 is 8.78 Å². The Kier molecular flexibility index (Phi) is 9.88. The Morgan fingerprint density at radius 3 is 2.40 bits per heavy atom. The maximum atomic E-state index is 15.2. The number of ketones is 1. The number of anilines is 3. The number of thiazole rings is 1. The van der Waals surface area contributed by atoms with Gasteiger partial charge in [-0.05, 0) is 75.9 Å². The van der Waals surface area contributed by atoms with Crippen LogP contribution < -0.4 is 20.4 Å². The zero-order chi connectivity index (χ0) is 33.1. The Morgan fingerprint density at radius 1 is 0.979 bits per heavy atom. The first-order valence-electron chi connectivity index (χ1n) is 16.5. The van der Waals surface area contributed by atoms with Crippen LogP contribution in [-0.4, -0.2) is 79.8 Å². The molecule has 0 unspecified atom stereocenters. The molecule has 0 atom stereocenters. The quantitative estimate of drug-likeness (QED) is 0.257. The van der Waals surface area contributed by atoms with E-state index in [2.05, 4.69) is 49.4 Å². The third-order valence-corrected chi connectivity index (χ3v) is 10.2. The van der Waals surface area contributed by atoms with Gasteiger partial charge in [-0.1, -0.05) is 18.2 Å². The molecule has 1 aromatic heterocycles. The van der Waals surface area contributed by atoms with E-state index < -0.39 is 23.4 Å². The predicted molar refractivity (Wildman–Crippen MR) is 181 cm³/mol. The van der Waals surface area contributed by atoms with Crippen LogP contribution >= 0.6 is 11.3 Å². The van der Waals surface area contributed by atoms with Gasteiger partial charge < -0.3 is 20.4 Å². The molecule has 1 saturated carbocycles. The lowest BCUT2D eigenvalue weighted by Gasteiger charge is -2.38. The van der Waals surface area contributed by atoms with E-state index in [1.807, 2.05) is 18.2 Å². The summed E-state index contributed by atoms with van der Waals surface area (Å²) in [7, 11) is 0. The van der Waals surface area contributed by atoms with Gasteiger partial charge in [0.15, 0.2) is 0 Å². The van der Waals surface area contributed by atoms with Crippen molar-refractivity contribution in [2.75, 3.05) is 67.5 Å². The highest BCUT2D eigenvalue weighted by atomic mass is 32.1. The largest absolute Gasteiger partial charge is 0.368 e. The van der Waals surface area contributed by atoms with Gasteiger partial charge in [0.25, 0.3) is 17.7 Å². The average Bonchev–Trinajstić information content (AvgIpc) is 3.85. The van der Waals surface area contributed by atoms with E-state index in [1.54, 1.807) is 19.1 Å². The summed E-state index contributed by atoms with van der Waals surface area (Å²) in [5, 5.41) is 6.25. The van der Waals surface area contributed by atoms with Crippen LogP contribution in [0.5, 0.6) is 0 Å². The van der Waals surface area contributed by atoms with Gasteiger partial charge in [-0.3, -0.25) is 19.3 Å². The molecule has 3 aromatic rings. The smallest absolute Gasteiger partial charge is 0.294 e. The number of rotatable bonds is 11. The fourth-order valence-electron chi connectivity index (χ4n) is 6.49. The topological polar surface area (TPSA) is 97.9 Å². The molecule has 3 heterocycles. The van der Waals surface area contributed by atoms with Crippen LogP contribution in [0.4, 0.5) is 25.8 Å². The number of aromatic nitrogens is 1. The molecule has 250 valence electrons. The molecule has 0 bridgehead atoms. The van der Waals surface area contributed by atoms with Crippen molar-refractivity contribution in [1.29, 1.82) is 0 Å². The van der Waals surface area contributed by atoms with Gasteiger partial charge in [0.1, 0.15) is 16.4 Å². The second-order valence-corrected chi connectivity index (χ2v) is 14.0. The maximum absolute atomic E-state index is 15.2. The number of nitrogens with zero attached hydrogens (tertiary/aromatic N) is 4. The number of halogens is 2. The van der Waals surface area contributed by atoms with E-state index in [0.29, 0.717) is 68.1 Å². The van der Waals surface area contributed by atoms with Gasteiger partial charge in [0.05, 0.1) is 22.9 Å². The van der Waals surface area contributed by atoms with E-state index in [4.69, 9.17) is 0 Å². The molecular formula is C35H42F2N6O3S. The predicted octanol–water partition coefficient (Wildman–Crippen LogP) is 5.63. The molecule has 2 aliphatic heterocycles. The number of amides is 2. The number of benzene rings is 2. The fraction of sp³-hybridized carbons (Fsp3) is 0.486. The van der Waals surface area contributed by atoms with Crippen LogP contribution in [0.2, 0.25) is 0 Å². The van der Waals surface area contributed by atoms with Gasteiger partial charge in [0, 0.05) is 62.9 Å². The molecule has 0 spiro atoms. The number of piperazine rings is 1. The van der Waals surface area contributed by atoms with Crippen molar-refractivity contribution in [1.82, 2.24) is 15.2 Å². The highest BCUT2D eigenvalue weighted by Crippen LogP contribution is 2.51. The molecule has 0 radical (unpaired) electrons. The lowest BCUT2D eigenvalue weighted by molar-refractivity contribution is -0.122. The molecule has 3 aliphatic rings. The second kappa shape index (κ2) is 14.1. The molecule has 47 heavy (non-hydrogen) atoms. The summed E-state index contributed by atoms with van der Waals surface area (Å²) < 4.78 is 30.4. The maximum Gasteiger partial charge on any atom is 0.294 e. The Bertz CT molecular complexity index is 1630. The number of para-hydroxylation sites is 1. The molecule has 2 saturated heterocycles. The van der Waals surface area contributed by atoms with Gasteiger partial charge in [-0.15, -0.1) is 11.3 Å². The number of likely N-dealkylation sites (tertiary alicyclic amines) is 1. The first kappa shape index (κ1) is 33.0.